The van der Waals surface area contributed by atoms with Gasteiger partial charge < -0.3 is 4.74 Å². The van der Waals surface area contributed by atoms with Crippen LogP contribution in [0.15, 0.2) is 11.4 Å². The molecule has 1 aliphatic rings. The van der Waals surface area contributed by atoms with Crippen LogP contribution in [0.5, 0.6) is 0 Å². The van der Waals surface area contributed by atoms with E-state index in [1.807, 2.05) is 18.3 Å². The number of carbonyl (C=O) groups excluding carboxylic acids is 1. The quantitative estimate of drug-likeness (QED) is 0.359. The van der Waals surface area contributed by atoms with Crippen molar-refractivity contribution in [3.63, 3.8) is 0 Å². The molecule has 1 unspecified atom stereocenters. The van der Waals surface area contributed by atoms with Gasteiger partial charge in [0.05, 0.1) is 0 Å². The SMILES string of the molecule is CCC(=O)OCCSc1ncnc2sc3c(c12)CCC(C)C3. The number of fused-ring (bicyclic) bond motifs is 3. The van der Waals surface area contributed by atoms with E-state index < -0.39 is 0 Å². The van der Waals surface area contributed by atoms with Crippen LogP contribution >= 0.6 is 23.1 Å². The van der Waals surface area contributed by atoms with E-state index in [0.717, 1.165) is 34.4 Å². The fourth-order valence-electron chi connectivity index (χ4n) is 2.75. The minimum atomic E-state index is -0.143. The van der Waals surface area contributed by atoms with Crippen LogP contribution in [0, 0.1) is 5.92 Å². The van der Waals surface area contributed by atoms with Crippen molar-refractivity contribution in [1.29, 1.82) is 0 Å². The summed E-state index contributed by atoms with van der Waals surface area (Å²) in [5.74, 6) is 1.35. The molecule has 0 spiro atoms. The van der Waals surface area contributed by atoms with Gasteiger partial charge in [-0.3, -0.25) is 4.79 Å². The third-order valence-electron chi connectivity index (χ3n) is 3.93. The third-order valence-corrected chi connectivity index (χ3v) is 6.05. The fraction of sp³-hybridized carbons (Fsp3) is 0.562. The zero-order valence-electron chi connectivity index (χ0n) is 12.9. The minimum Gasteiger partial charge on any atom is -0.465 e. The average Bonchev–Trinajstić information content (AvgIpc) is 2.89. The molecule has 0 amide bonds. The normalized spacial score (nSPS) is 17.5. The van der Waals surface area contributed by atoms with E-state index in [4.69, 9.17) is 4.74 Å². The molecule has 118 valence electrons. The van der Waals surface area contributed by atoms with E-state index in [9.17, 15) is 4.79 Å². The molecular weight excluding hydrogens is 316 g/mol. The Hall–Kier alpha value is -1.14. The highest BCUT2D eigenvalue weighted by atomic mass is 32.2. The van der Waals surface area contributed by atoms with Crippen LogP contribution in [-0.4, -0.2) is 28.3 Å². The summed E-state index contributed by atoms with van der Waals surface area (Å²) in [4.78, 5) is 22.7. The first kappa shape index (κ1) is 15.7. The van der Waals surface area contributed by atoms with Crippen molar-refractivity contribution < 1.29 is 9.53 Å². The van der Waals surface area contributed by atoms with Crippen LogP contribution in [0.25, 0.3) is 10.2 Å². The number of thiophene rings is 1. The number of rotatable bonds is 5. The summed E-state index contributed by atoms with van der Waals surface area (Å²) in [5, 5.41) is 2.27. The largest absolute Gasteiger partial charge is 0.465 e. The molecule has 0 radical (unpaired) electrons. The summed E-state index contributed by atoms with van der Waals surface area (Å²) >= 11 is 3.47. The van der Waals surface area contributed by atoms with Crippen LogP contribution in [0.2, 0.25) is 0 Å². The summed E-state index contributed by atoms with van der Waals surface area (Å²) in [6, 6.07) is 0. The summed E-state index contributed by atoms with van der Waals surface area (Å²) in [6.45, 7) is 4.56. The smallest absolute Gasteiger partial charge is 0.305 e. The van der Waals surface area contributed by atoms with Crippen molar-refractivity contribution in [3.05, 3.63) is 16.8 Å². The first-order valence-electron chi connectivity index (χ1n) is 7.72. The van der Waals surface area contributed by atoms with Gasteiger partial charge in [-0.1, -0.05) is 13.8 Å². The number of hydrogen-bond acceptors (Lipinski definition) is 6. The number of aryl methyl sites for hydroxylation is 1. The molecule has 0 N–H and O–H groups in total. The Kier molecular flexibility index (Phi) is 4.98. The molecule has 0 fully saturated rings. The predicted molar refractivity (Wildman–Crippen MR) is 90.6 cm³/mol. The molecule has 0 saturated carbocycles. The number of nitrogens with zero attached hydrogens (tertiary/aromatic N) is 2. The van der Waals surface area contributed by atoms with Gasteiger partial charge in [-0.15, -0.1) is 23.1 Å². The first-order valence-corrected chi connectivity index (χ1v) is 9.53. The molecule has 6 heteroatoms. The lowest BCUT2D eigenvalue weighted by molar-refractivity contribution is -0.142. The number of aromatic nitrogens is 2. The molecule has 22 heavy (non-hydrogen) atoms. The van der Waals surface area contributed by atoms with Crippen molar-refractivity contribution in [2.24, 2.45) is 5.92 Å². The number of ether oxygens (including phenoxy) is 1. The third kappa shape index (κ3) is 3.27. The first-order chi connectivity index (χ1) is 10.7. The molecule has 0 saturated heterocycles. The maximum atomic E-state index is 11.2. The molecule has 0 aromatic carbocycles. The van der Waals surface area contributed by atoms with Gasteiger partial charge in [0.1, 0.15) is 22.8 Å². The topological polar surface area (TPSA) is 52.1 Å². The van der Waals surface area contributed by atoms with E-state index in [1.54, 1.807) is 18.1 Å². The lowest BCUT2D eigenvalue weighted by Crippen LogP contribution is -2.09. The molecule has 2 aromatic heterocycles. The standard InChI is InChI=1S/C16H20N2O2S2/c1-3-13(19)20-6-7-21-15-14-11-5-4-10(2)8-12(11)22-16(14)18-9-17-15/h9-10H,3-8H2,1-2H3. The van der Waals surface area contributed by atoms with Crippen LogP contribution < -0.4 is 0 Å². The highest BCUT2D eigenvalue weighted by Gasteiger charge is 2.23. The molecule has 3 rings (SSSR count). The van der Waals surface area contributed by atoms with E-state index in [-0.39, 0.29) is 5.97 Å². The lowest BCUT2D eigenvalue weighted by atomic mass is 9.89. The van der Waals surface area contributed by atoms with Crippen molar-refractivity contribution in [2.45, 2.75) is 44.6 Å². The number of thioether (sulfide) groups is 1. The van der Waals surface area contributed by atoms with Crippen LogP contribution in [0.4, 0.5) is 0 Å². The average molecular weight is 336 g/mol. The van der Waals surface area contributed by atoms with Crippen LogP contribution in [0.1, 0.15) is 37.1 Å². The van der Waals surface area contributed by atoms with Crippen molar-refractivity contribution in [1.82, 2.24) is 9.97 Å². The summed E-state index contributed by atoms with van der Waals surface area (Å²) in [7, 11) is 0. The second kappa shape index (κ2) is 6.96. The second-order valence-electron chi connectivity index (χ2n) is 5.63. The van der Waals surface area contributed by atoms with Gasteiger partial charge in [-0.05, 0) is 30.7 Å². The van der Waals surface area contributed by atoms with Gasteiger partial charge in [0.15, 0.2) is 0 Å². The number of esters is 1. The number of carbonyl (C=O) groups is 1. The summed E-state index contributed by atoms with van der Waals surface area (Å²) in [6.07, 6.45) is 5.61. The van der Waals surface area contributed by atoms with Crippen LogP contribution in [-0.2, 0) is 22.4 Å². The zero-order valence-corrected chi connectivity index (χ0v) is 14.6. The number of hydrogen-bond donors (Lipinski definition) is 0. The molecule has 2 aromatic rings. The Morgan fingerprint density at radius 1 is 1.50 bits per heavy atom. The van der Waals surface area contributed by atoms with Crippen molar-refractivity contribution in [2.75, 3.05) is 12.4 Å². The monoisotopic (exact) mass is 336 g/mol. The molecule has 0 bridgehead atoms. The molecule has 0 aliphatic heterocycles. The van der Waals surface area contributed by atoms with Gasteiger partial charge in [0.25, 0.3) is 0 Å². The van der Waals surface area contributed by atoms with Gasteiger partial charge in [0.2, 0.25) is 0 Å². The Bertz CT molecular complexity index is 684. The van der Waals surface area contributed by atoms with Gasteiger partial charge in [-0.2, -0.15) is 0 Å². The Labute approximate surface area is 138 Å². The summed E-state index contributed by atoms with van der Waals surface area (Å²) < 4.78 is 5.13. The van der Waals surface area contributed by atoms with Gasteiger partial charge in [0, 0.05) is 22.4 Å². The maximum Gasteiger partial charge on any atom is 0.305 e. The maximum absolute atomic E-state index is 11.2. The second-order valence-corrected chi connectivity index (χ2v) is 7.80. The lowest BCUT2D eigenvalue weighted by Gasteiger charge is -2.18. The Balaban J connectivity index is 1.77. The molecule has 1 atom stereocenters. The Morgan fingerprint density at radius 2 is 2.36 bits per heavy atom. The Morgan fingerprint density at radius 3 is 3.18 bits per heavy atom. The van der Waals surface area contributed by atoms with E-state index in [2.05, 4.69) is 16.9 Å². The highest BCUT2D eigenvalue weighted by molar-refractivity contribution is 7.99. The predicted octanol–water partition coefficient (Wildman–Crippen LogP) is 3.86. The zero-order chi connectivity index (χ0) is 15.5. The highest BCUT2D eigenvalue weighted by Crippen LogP contribution is 2.40. The fourth-order valence-corrected chi connectivity index (χ4v) is 5.01. The van der Waals surface area contributed by atoms with Gasteiger partial charge in [-0.25, -0.2) is 9.97 Å². The molecule has 2 heterocycles. The van der Waals surface area contributed by atoms with Gasteiger partial charge >= 0.3 is 5.97 Å². The van der Waals surface area contributed by atoms with E-state index >= 15 is 0 Å². The molecule has 1 aliphatic carbocycles. The minimum absolute atomic E-state index is 0.143. The van der Waals surface area contributed by atoms with Crippen LogP contribution in [0.3, 0.4) is 0 Å². The van der Waals surface area contributed by atoms with Crippen molar-refractivity contribution >= 4 is 39.3 Å². The summed E-state index contributed by atoms with van der Waals surface area (Å²) in [5.41, 5.74) is 1.45. The molecular formula is C16H20N2O2S2. The van der Waals surface area contributed by atoms with E-state index in [0.29, 0.717) is 13.0 Å². The van der Waals surface area contributed by atoms with Crippen molar-refractivity contribution in [3.8, 4) is 0 Å². The molecule has 4 nitrogen and oxygen atoms in total. The van der Waals surface area contributed by atoms with E-state index in [1.165, 1.54) is 22.2 Å².